The van der Waals surface area contributed by atoms with Crippen molar-refractivity contribution in [3.05, 3.63) is 29.8 Å². The first-order valence-electron chi connectivity index (χ1n) is 4.71. The van der Waals surface area contributed by atoms with Crippen LogP contribution in [0.4, 0.5) is 15.8 Å². The molecule has 0 bridgehead atoms. The van der Waals surface area contributed by atoms with Gasteiger partial charge in [-0.3, -0.25) is 0 Å². The number of anilines is 2. The van der Waals surface area contributed by atoms with Crippen LogP contribution in [0.2, 0.25) is 0 Å². The van der Waals surface area contributed by atoms with E-state index in [0.29, 0.717) is 17.2 Å². The van der Waals surface area contributed by atoms with Crippen molar-refractivity contribution in [1.29, 1.82) is 0 Å². The van der Waals surface area contributed by atoms with E-state index in [9.17, 15) is 4.39 Å². The van der Waals surface area contributed by atoms with Gasteiger partial charge in [0.25, 0.3) is 0 Å². The lowest BCUT2D eigenvalue weighted by Gasteiger charge is -2.13. The standard InChI is InChI=1S/C9H11FN6/c1-5(9-13-15-16-14-9)12-8-3-2-6(10)4-7(8)11/h2-5,12H,11H2,1H3,(H,13,14,15,16). The Kier molecular flexibility index (Phi) is 2.67. The topological polar surface area (TPSA) is 92.5 Å². The minimum Gasteiger partial charge on any atom is -0.397 e. The first kappa shape index (κ1) is 10.3. The van der Waals surface area contributed by atoms with Crippen molar-refractivity contribution in [1.82, 2.24) is 20.6 Å². The Labute approximate surface area is 91.0 Å². The Hall–Kier alpha value is -2.18. The van der Waals surface area contributed by atoms with Crippen LogP contribution in [0.3, 0.4) is 0 Å². The van der Waals surface area contributed by atoms with E-state index in [1.54, 1.807) is 6.07 Å². The van der Waals surface area contributed by atoms with Crippen LogP contribution in [-0.2, 0) is 0 Å². The predicted molar refractivity (Wildman–Crippen MR) is 57.0 cm³/mol. The van der Waals surface area contributed by atoms with E-state index in [1.165, 1.54) is 12.1 Å². The molecule has 16 heavy (non-hydrogen) atoms. The molecular formula is C9H11FN6. The van der Waals surface area contributed by atoms with E-state index in [4.69, 9.17) is 5.73 Å². The first-order valence-corrected chi connectivity index (χ1v) is 4.71. The summed E-state index contributed by atoms with van der Waals surface area (Å²) in [6.07, 6.45) is 0. The SMILES string of the molecule is CC(Nc1ccc(F)cc1N)c1nn[nH]n1. The zero-order valence-corrected chi connectivity index (χ0v) is 8.61. The fraction of sp³-hybridized carbons (Fsp3) is 0.222. The number of rotatable bonds is 3. The van der Waals surface area contributed by atoms with Crippen molar-refractivity contribution in [2.75, 3.05) is 11.1 Å². The first-order chi connectivity index (χ1) is 7.66. The number of aromatic amines is 1. The number of nitrogens with zero attached hydrogens (tertiary/aromatic N) is 3. The molecule has 0 aliphatic carbocycles. The number of nitrogen functional groups attached to an aromatic ring is 1. The van der Waals surface area contributed by atoms with E-state index in [-0.39, 0.29) is 11.9 Å². The van der Waals surface area contributed by atoms with E-state index < -0.39 is 0 Å². The number of nitrogens with two attached hydrogens (primary N) is 1. The summed E-state index contributed by atoms with van der Waals surface area (Å²) in [5.74, 6) is 0.152. The molecule has 0 saturated heterocycles. The van der Waals surface area contributed by atoms with Crippen LogP contribution in [0, 0.1) is 5.82 Å². The summed E-state index contributed by atoms with van der Waals surface area (Å²) in [5, 5.41) is 16.5. The van der Waals surface area contributed by atoms with Gasteiger partial charge in [0.2, 0.25) is 0 Å². The molecule has 2 aromatic rings. The maximum Gasteiger partial charge on any atom is 0.196 e. The Morgan fingerprint density at radius 2 is 2.31 bits per heavy atom. The van der Waals surface area contributed by atoms with Crippen molar-refractivity contribution in [2.45, 2.75) is 13.0 Å². The second kappa shape index (κ2) is 4.13. The molecule has 0 amide bonds. The molecule has 1 unspecified atom stereocenters. The highest BCUT2D eigenvalue weighted by atomic mass is 19.1. The molecular weight excluding hydrogens is 211 g/mol. The highest BCUT2D eigenvalue weighted by Crippen LogP contribution is 2.23. The van der Waals surface area contributed by atoms with Crippen molar-refractivity contribution in [3.8, 4) is 0 Å². The number of hydrogen-bond acceptors (Lipinski definition) is 5. The number of tetrazole rings is 1. The highest BCUT2D eigenvalue weighted by Gasteiger charge is 2.11. The third-order valence-electron chi connectivity index (χ3n) is 2.13. The van der Waals surface area contributed by atoms with Gasteiger partial charge in [0.15, 0.2) is 5.82 Å². The molecule has 1 aromatic carbocycles. The molecule has 0 radical (unpaired) electrons. The Bertz CT molecular complexity index is 469. The van der Waals surface area contributed by atoms with Crippen molar-refractivity contribution >= 4 is 11.4 Å². The Morgan fingerprint density at radius 1 is 1.50 bits per heavy atom. The van der Waals surface area contributed by atoms with E-state index in [2.05, 4.69) is 25.9 Å². The van der Waals surface area contributed by atoms with Crippen LogP contribution in [0.1, 0.15) is 18.8 Å². The van der Waals surface area contributed by atoms with E-state index in [1.807, 2.05) is 6.92 Å². The molecule has 1 heterocycles. The Balaban J connectivity index is 2.15. The second-order valence-corrected chi connectivity index (χ2v) is 3.37. The zero-order chi connectivity index (χ0) is 11.5. The fourth-order valence-electron chi connectivity index (χ4n) is 1.32. The molecule has 0 spiro atoms. The molecule has 0 aliphatic rings. The lowest BCUT2D eigenvalue weighted by atomic mass is 10.2. The minimum atomic E-state index is -0.365. The number of halogens is 1. The summed E-state index contributed by atoms with van der Waals surface area (Å²) in [7, 11) is 0. The fourth-order valence-corrected chi connectivity index (χ4v) is 1.32. The largest absolute Gasteiger partial charge is 0.397 e. The average molecular weight is 222 g/mol. The van der Waals surface area contributed by atoms with E-state index >= 15 is 0 Å². The number of nitrogens with one attached hydrogen (secondary N) is 2. The summed E-state index contributed by atoms with van der Waals surface area (Å²) in [5.41, 5.74) is 6.64. The van der Waals surface area contributed by atoms with Gasteiger partial charge in [-0.2, -0.15) is 5.21 Å². The van der Waals surface area contributed by atoms with Crippen molar-refractivity contribution in [3.63, 3.8) is 0 Å². The molecule has 0 aliphatic heterocycles. The van der Waals surface area contributed by atoms with Gasteiger partial charge in [0, 0.05) is 0 Å². The molecule has 84 valence electrons. The molecule has 6 nitrogen and oxygen atoms in total. The molecule has 1 atom stereocenters. The maximum absolute atomic E-state index is 12.8. The third kappa shape index (κ3) is 2.08. The monoisotopic (exact) mass is 222 g/mol. The van der Waals surface area contributed by atoms with E-state index in [0.717, 1.165) is 0 Å². The molecule has 7 heteroatoms. The highest BCUT2D eigenvalue weighted by molar-refractivity contribution is 5.66. The van der Waals surface area contributed by atoms with Gasteiger partial charge in [-0.15, -0.1) is 10.2 Å². The van der Waals surface area contributed by atoms with Gasteiger partial charge < -0.3 is 11.1 Å². The van der Waals surface area contributed by atoms with Crippen molar-refractivity contribution < 1.29 is 4.39 Å². The molecule has 0 fully saturated rings. The number of H-pyrrole nitrogens is 1. The quantitative estimate of drug-likeness (QED) is 0.676. The zero-order valence-electron chi connectivity index (χ0n) is 8.61. The van der Waals surface area contributed by atoms with Crippen molar-refractivity contribution in [2.24, 2.45) is 0 Å². The van der Waals surface area contributed by atoms with Crippen LogP contribution in [0.25, 0.3) is 0 Å². The van der Waals surface area contributed by atoms with Gasteiger partial charge in [0.05, 0.1) is 17.4 Å². The minimum absolute atomic E-state index is 0.161. The normalized spacial score (nSPS) is 12.4. The second-order valence-electron chi connectivity index (χ2n) is 3.37. The third-order valence-corrected chi connectivity index (χ3v) is 2.13. The molecule has 2 rings (SSSR count). The number of aromatic nitrogens is 4. The Morgan fingerprint density at radius 3 is 2.94 bits per heavy atom. The van der Waals surface area contributed by atoms with Crippen LogP contribution >= 0.6 is 0 Å². The molecule has 0 saturated carbocycles. The maximum atomic E-state index is 12.8. The smallest absolute Gasteiger partial charge is 0.196 e. The van der Waals surface area contributed by atoms with Gasteiger partial charge in [-0.1, -0.05) is 5.21 Å². The lowest BCUT2D eigenvalue weighted by Crippen LogP contribution is -2.10. The summed E-state index contributed by atoms with van der Waals surface area (Å²) < 4.78 is 12.8. The van der Waals surface area contributed by atoms with Gasteiger partial charge >= 0.3 is 0 Å². The summed E-state index contributed by atoms with van der Waals surface area (Å²) >= 11 is 0. The van der Waals surface area contributed by atoms with Gasteiger partial charge in [-0.25, -0.2) is 4.39 Å². The van der Waals surface area contributed by atoms with Gasteiger partial charge in [-0.05, 0) is 25.1 Å². The van der Waals surface area contributed by atoms with Crippen LogP contribution < -0.4 is 11.1 Å². The summed E-state index contributed by atoms with van der Waals surface area (Å²) in [6.45, 7) is 1.85. The predicted octanol–water partition coefficient (Wildman–Crippen LogP) is 1.09. The number of hydrogen-bond donors (Lipinski definition) is 3. The molecule has 4 N–H and O–H groups in total. The van der Waals surface area contributed by atoms with Crippen LogP contribution in [0.5, 0.6) is 0 Å². The average Bonchev–Trinajstić information content (AvgIpc) is 2.75. The lowest BCUT2D eigenvalue weighted by molar-refractivity contribution is 0.628. The summed E-state index contributed by atoms with van der Waals surface area (Å²) in [4.78, 5) is 0. The van der Waals surface area contributed by atoms with Crippen LogP contribution in [0.15, 0.2) is 18.2 Å². The summed E-state index contributed by atoms with van der Waals surface area (Å²) in [6, 6.07) is 4.00. The van der Waals surface area contributed by atoms with Gasteiger partial charge in [0.1, 0.15) is 5.82 Å². The molecule has 1 aromatic heterocycles. The number of benzene rings is 1. The van der Waals surface area contributed by atoms with Crippen LogP contribution in [-0.4, -0.2) is 20.6 Å².